The lowest BCUT2D eigenvalue weighted by molar-refractivity contribution is 0.910. The van der Waals surface area contributed by atoms with Gasteiger partial charge in [-0.25, -0.2) is 0 Å². The number of aryl methyl sites for hydroxylation is 3. The van der Waals surface area contributed by atoms with Gasteiger partial charge in [-0.1, -0.05) is 29.8 Å². The molecule has 0 bridgehead atoms. The van der Waals surface area contributed by atoms with Gasteiger partial charge in [0, 0.05) is 32.0 Å². The summed E-state index contributed by atoms with van der Waals surface area (Å²) in [5.41, 5.74) is 7.84. The lowest BCUT2D eigenvalue weighted by Gasteiger charge is -2.24. The Bertz CT molecular complexity index is 562. The second kappa shape index (κ2) is 6.00. The van der Waals surface area contributed by atoms with Gasteiger partial charge in [0.1, 0.15) is 0 Å². The molecule has 0 spiro atoms. The summed E-state index contributed by atoms with van der Waals surface area (Å²) in [4.78, 5) is 2.33. The molecule has 0 aliphatic heterocycles. The fourth-order valence-electron chi connectivity index (χ4n) is 2.90. The third-order valence-electron chi connectivity index (χ3n) is 3.68. The molecule has 0 heterocycles. The van der Waals surface area contributed by atoms with Gasteiger partial charge in [-0.2, -0.15) is 0 Å². The van der Waals surface area contributed by atoms with Crippen molar-refractivity contribution in [1.29, 1.82) is 0 Å². The highest BCUT2D eigenvalue weighted by Crippen LogP contribution is 2.26. The number of nitrogens with zero attached hydrogens (tertiary/aromatic N) is 1. The van der Waals surface area contributed by atoms with Crippen LogP contribution in [0, 0.1) is 20.8 Å². The molecule has 2 heteroatoms. The Morgan fingerprint density at radius 1 is 0.950 bits per heavy atom. The quantitative estimate of drug-likeness (QED) is 0.890. The van der Waals surface area contributed by atoms with Crippen LogP contribution in [0.2, 0.25) is 0 Å². The topological polar surface area (TPSA) is 15.3 Å². The molecule has 2 aromatic carbocycles. The Labute approximate surface area is 122 Å². The minimum absolute atomic E-state index is 0.925. The first-order valence-corrected chi connectivity index (χ1v) is 7.07. The second-order valence-electron chi connectivity index (χ2n) is 5.55. The van der Waals surface area contributed by atoms with E-state index in [9.17, 15) is 0 Å². The summed E-state index contributed by atoms with van der Waals surface area (Å²) < 4.78 is 0. The third-order valence-corrected chi connectivity index (χ3v) is 3.68. The van der Waals surface area contributed by atoms with Crippen LogP contribution in [0.1, 0.15) is 22.3 Å². The molecule has 20 heavy (non-hydrogen) atoms. The second-order valence-corrected chi connectivity index (χ2v) is 5.55. The third kappa shape index (κ3) is 3.13. The fourth-order valence-corrected chi connectivity index (χ4v) is 2.90. The maximum Gasteiger partial charge on any atom is 0.0426 e. The molecule has 0 radical (unpaired) electrons. The summed E-state index contributed by atoms with van der Waals surface area (Å²) >= 11 is 0. The maximum atomic E-state index is 3.15. The smallest absolute Gasteiger partial charge is 0.0426 e. The Balaban J connectivity index is 2.21. The number of hydrogen-bond donors (Lipinski definition) is 1. The molecular weight excluding hydrogens is 244 g/mol. The molecule has 0 amide bonds. The maximum absolute atomic E-state index is 3.15. The molecule has 2 nitrogen and oxygen atoms in total. The van der Waals surface area contributed by atoms with E-state index < -0.39 is 0 Å². The first-order valence-electron chi connectivity index (χ1n) is 7.07. The van der Waals surface area contributed by atoms with Crippen molar-refractivity contribution < 1.29 is 0 Å². The van der Waals surface area contributed by atoms with Crippen molar-refractivity contribution in [3.63, 3.8) is 0 Å². The Hall–Kier alpha value is -1.96. The highest BCUT2D eigenvalue weighted by Gasteiger charge is 2.09. The van der Waals surface area contributed by atoms with Crippen molar-refractivity contribution in [3.8, 4) is 0 Å². The lowest BCUT2D eigenvalue weighted by Crippen LogP contribution is -2.18. The van der Waals surface area contributed by atoms with Gasteiger partial charge in [0.2, 0.25) is 0 Å². The van der Waals surface area contributed by atoms with Crippen molar-refractivity contribution in [2.75, 3.05) is 24.3 Å². The van der Waals surface area contributed by atoms with Gasteiger partial charge in [-0.3, -0.25) is 0 Å². The summed E-state index contributed by atoms with van der Waals surface area (Å²) in [5.74, 6) is 0. The van der Waals surface area contributed by atoms with Crippen LogP contribution in [-0.4, -0.2) is 14.1 Å². The minimum atomic E-state index is 0.925. The van der Waals surface area contributed by atoms with Gasteiger partial charge in [-0.05, 0) is 49.6 Å². The van der Waals surface area contributed by atoms with Crippen molar-refractivity contribution in [2.24, 2.45) is 0 Å². The van der Waals surface area contributed by atoms with Crippen LogP contribution >= 0.6 is 0 Å². The van der Waals surface area contributed by atoms with Gasteiger partial charge in [-0.15, -0.1) is 0 Å². The van der Waals surface area contributed by atoms with Crippen LogP contribution in [0.15, 0.2) is 36.4 Å². The summed E-state index contributed by atoms with van der Waals surface area (Å²) in [6.45, 7) is 7.46. The standard InChI is InChI=1S/C18H24N2/c1-13-10-14(2)18(15(3)11-13)20(5)12-16-6-8-17(19-4)9-7-16/h6-11,19H,12H2,1-5H3. The average Bonchev–Trinajstić information content (AvgIpc) is 2.38. The summed E-state index contributed by atoms with van der Waals surface area (Å²) in [7, 11) is 4.11. The number of nitrogens with one attached hydrogen (secondary N) is 1. The highest BCUT2D eigenvalue weighted by atomic mass is 15.1. The van der Waals surface area contributed by atoms with E-state index in [2.05, 4.69) is 74.4 Å². The van der Waals surface area contributed by atoms with E-state index in [1.165, 1.54) is 27.9 Å². The molecule has 0 aliphatic carbocycles. The zero-order chi connectivity index (χ0) is 14.7. The average molecular weight is 268 g/mol. The molecule has 0 fully saturated rings. The van der Waals surface area contributed by atoms with Crippen molar-refractivity contribution >= 4 is 11.4 Å². The van der Waals surface area contributed by atoms with Crippen molar-refractivity contribution in [2.45, 2.75) is 27.3 Å². The van der Waals surface area contributed by atoms with Crippen LogP contribution in [0.5, 0.6) is 0 Å². The molecule has 2 aromatic rings. The zero-order valence-corrected chi connectivity index (χ0v) is 13.1. The molecule has 0 aliphatic rings. The molecule has 2 rings (SSSR count). The lowest BCUT2D eigenvalue weighted by atomic mass is 10.0. The van der Waals surface area contributed by atoms with E-state index in [4.69, 9.17) is 0 Å². The van der Waals surface area contributed by atoms with Crippen LogP contribution < -0.4 is 10.2 Å². The molecule has 106 valence electrons. The SMILES string of the molecule is CNc1ccc(CN(C)c2c(C)cc(C)cc2C)cc1. The monoisotopic (exact) mass is 268 g/mol. The minimum Gasteiger partial charge on any atom is -0.388 e. The first kappa shape index (κ1) is 14.4. The number of hydrogen-bond acceptors (Lipinski definition) is 2. The zero-order valence-electron chi connectivity index (χ0n) is 13.1. The molecule has 0 saturated heterocycles. The summed E-state index contributed by atoms with van der Waals surface area (Å²) in [6.07, 6.45) is 0. The summed E-state index contributed by atoms with van der Waals surface area (Å²) in [5, 5.41) is 3.15. The summed E-state index contributed by atoms with van der Waals surface area (Å²) in [6, 6.07) is 13.1. The fraction of sp³-hybridized carbons (Fsp3) is 0.333. The number of anilines is 2. The Morgan fingerprint density at radius 3 is 2.00 bits per heavy atom. The first-order chi connectivity index (χ1) is 9.51. The van der Waals surface area contributed by atoms with Gasteiger partial charge >= 0.3 is 0 Å². The number of rotatable bonds is 4. The molecule has 0 unspecified atom stereocenters. The normalized spacial score (nSPS) is 10.4. The van der Waals surface area contributed by atoms with E-state index in [0.29, 0.717) is 0 Å². The van der Waals surface area contributed by atoms with Crippen LogP contribution in [0.25, 0.3) is 0 Å². The van der Waals surface area contributed by atoms with Gasteiger partial charge in [0.15, 0.2) is 0 Å². The van der Waals surface area contributed by atoms with Gasteiger partial charge in [0.25, 0.3) is 0 Å². The van der Waals surface area contributed by atoms with E-state index >= 15 is 0 Å². The van der Waals surface area contributed by atoms with Crippen molar-refractivity contribution in [1.82, 2.24) is 0 Å². The van der Waals surface area contributed by atoms with Crippen LogP contribution in [-0.2, 0) is 6.54 Å². The van der Waals surface area contributed by atoms with Crippen LogP contribution in [0.4, 0.5) is 11.4 Å². The number of benzene rings is 2. The van der Waals surface area contributed by atoms with Gasteiger partial charge in [0.05, 0.1) is 0 Å². The molecule has 1 N–H and O–H groups in total. The Kier molecular flexibility index (Phi) is 4.33. The van der Waals surface area contributed by atoms with E-state index in [0.717, 1.165) is 12.2 Å². The van der Waals surface area contributed by atoms with E-state index in [1.54, 1.807) is 0 Å². The predicted octanol–water partition coefficient (Wildman–Crippen LogP) is 4.29. The van der Waals surface area contributed by atoms with E-state index in [-0.39, 0.29) is 0 Å². The predicted molar refractivity (Wildman–Crippen MR) is 88.7 cm³/mol. The molecular formula is C18H24N2. The largest absolute Gasteiger partial charge is 0.388 e. The van der Waals surface area contributed by atoms with Gasteiger partial charge < -0.3 is 10.2 Å². The van der Waals surface area contributed by atoms with Crippen LogP contribution in [0.3, 0.4) is 0 Å². The van der Waals surface area contributed by atoms with Crippen molar-refractivity contribution in [3.05, 3.63) is 58.7 Å². The molecule has 0 saturated carbocycles. The highest BCUT2D eigenvalue weighted by molar-refractivity contribution is 5.60. The van der Waals surface area contributed by atoms with E-state index in [1.807, 2.05) is 7.05 Å². The molecule has 0 aromatic heterocycles. The molecule has 0 atom stereocenters. The Morgan fingerprint density at radius 2 is 1.50 bits per heavy atom.